The van der Waals surface area contributed by atoms with Crippen LogP contribution >= 0.6 is 24.0 Å². The van der Waals surface area contributed by atoms with Gasteiger partial charge in [-0.1, -0.05) is 61.2 Å². The van der Waals surface area contributed by atoms with Crippen molar-refractivity contribution in [3.05, 3.63) is 71.3 Å². The van der Waals surface area contributed by atoms with Gasteiger partial charge in [-0.2, -0.15) is 5.10 Å². The van der Waals surface area contributed by atoms with Crippen LogP contribution in [0.4, 0.5) is 0 Å². The van der Waals surface area contributed by atoms with Crippen molar-refractivity contribution in [2.24, 2.45) is 0 Å². The Morgan fingerprint density at radius 2 is 1.85 bits per heavy atom. The summed E-state index contributed by atoms with van der Waals surface area (Å²) >= 11 is 6.67. The molecule has 2 heterocycles. The first-order valence-electron chi connectivity index (χ1n) is 10.7. The molecule has 1 fully saturated rings. The minimum absolute atomic E-state index is 0.126. The summed E-state index contributed by atoms with van der Waals surface area (Å²) in [6, 6.07) is 16.3. The molecule has 0 bridgehead atoms. The van der Waals surface area contributed by atoms with Crippen molar-refractivity contribution in [3.8, 4) is 16.9 Å². The normalized spacial score (nSPS) is 15.6. The van der Waals surface area contributed by atoms with E-state index in [4.69, 9.17) is 17.3 Å². The summed E-state index contributed by atoms with van der Waals surface area (Å²) in [5.74, 6) is -0.126. The molecule has 176 valence electrons. The lowest BCUT2D eigenvalue weighted by molar-refractivity contribution is -0.122. The number of carbonyl (C=O) groups is 1. The lowest BCUT2D eigenvalue weighted by atomic mass is 10.1. The number of benzene rings is 2. The predicted molar refractivity (Wildman–Crippen MR) is 140 cm³/mol. The third kappa shape index (κ3) is 4.72. The molecule has 0 unspecified atom stereocenters. The molecule has 1 amide bonds. The summed E-state index contributed by atoms with van der Waals surface area (Å²) < 4.78 is 28.8. The quantitative estimate of drug-likeness (QED) is 0.345. The van der Waals surface area contributed by atoms with Gasteiger partial charge in [-0.25, -0.2) is 17.4 Å². The van der Waals surface area contributed by atoms with Gasteiger partial charge in [-0.05, 0) is 36.8 Å². The Hall–Kier alpha value is -2.79. The fraction of sp³-hybridized carbons (Fsp3) is 0.208. The molecule has 0 aliphatic carbocycles. The molecule has 1 aromatic heterocycles. The average molecular weight is 513 g/mol. The van der Waals surface area contributed by atoms with Crippen LogP contribution in [-0.2, 0) is 14.8 Å². The van der Waals surface area contributed by atoms with Crippen molar-refractivity contribution in [2.75, 3.05) is 20.6 Å². The van der Waals surface area contributed by atoms with E-state index in [-0.39, 0.29) is 10.8 Å². The van der Waals surface area contributed by atoms with Crippen LogP contribution in [0.2, 0.25) is 0 Å². The van der Waals surface area contributed by atoms with E-state index in [9.17, 15) is 13.2 Å². The predicted octanol–water partition coefficient (Wildman–Crippen LogP) is 4.40. The van der Waals surface area contributed by atoms with Crippen molar-refractivity contribution in [1.82, 2.24) is 19.0 Å². The third-order valence-electron chi connectivity index (χ3n) is 5.26. The second-order valence-corrected chi connectivity index (χ2v) is 11.7. The fourth-order valence-corrected chi connectivity index (χ4v) is 5.75. The number of hydrogen-bond acceptors (Lipinski definition) is 6. The van der Waals surface area contributed by atoms with Gasteiger partial charge >= 0.3 is 0 Å². The number of thioether (sulfide) groups is 1. The van der Waals surface area contributed by atoms with Crippen LogP contribution in [0.1, 0.15) is 18.9 Å². The number of thiocarbonyl (C=S) groups is 1. The van der Waals surface area contributed by atoms with Crippen LogP contribution in [0.25, 0.3) is 23.0 Å². The highest BCUT2D eigenvalue weighted by Gasteiger charge is 2.31. The van der Waals surface area contributed by atoms with Gasteiger partial charge in [0, 0.05) is 38.0 Å². The van der Waals surface area contributed by atoms with Gasteiger partial charge in [-0.15, -0.1) is 0 Å². The van der Waals surface area contributed by atoms with E-state index >= 15 is 0 Å². The van der Waals surface area contributed by atoms with Crippen molar-refractivity contribution < 1.29 is 13.2 Å². The van der Waals surface area contributed by atoms with E-state index in [1.165, 1.54) is 30.2 Å². The zero-order valence-electron chi connectivity index (χ0n) is 19.0. The molecule has 3 aromatic rings. The van der Waals surface area contributed by atoms with Crippen LogP contribution < -0.4 is 0 Å². The standard InChI is InChI=1S/C24H24N4O3S3/c1-4-13-27-23(29)21(33-24(27)32)15-18-16-28(19-10-6-5-7-11-19)25-22(18)17-9-8-12-20(14-17)34(30,31)26(2)3/h5-12,14-16H,4,13H2,1-3H3. The Bertz CT molecular complexity index is 1380. The molecule has 1 aliphatic rings. The maximum atomic E-state index is 12.9. The van der Waals surface area contributed by atoms with Crippen molar-refractivity contribution in [1.29, 1.82) is 0 Å². The van der Waals surface area contributed by atoms with Gasteiger partial charge in [0.25, 0.3) is 5.91 Å². The SMILES string of the molecule is CCCN1C(=O)C(=Cc2cn(-c3ccccc3)nc2-c2cccc(S(=O)(=O)N(C)C)c2)SC1=S. The van der Waals surface area contributed by atoms with Crippen molar-refractivity contribution in [3.63, 3.8) is 0 Å². The monoisotopic (exact) mass is 512 g/mol. The van der Waals surface area contributed by atoms with Gasteiger partial charge in [0.15, 0.2) is 0 Å². The number of hydrogen-bond donors (Lipinski definition) is 0. The number of para-hydroxylation sites is 1. The molecule has 2 aromatic carbocycles. The summed E-state index contributed by atoms with van der Waals surface area (Å²) in [6.45, 7) is 2.57. The van der Waals surface area contributed by atoms with Crippen LogP contribution in [0, 0.1) is 0 Å². The molecular formula is C24H24N4O3S3. The van der Waals surface area contributed by atoms with Crippen LogP contribution in [-0.4, -0.2) is 58.3 Å². The Morgan fingerprint density at radius 1 is 1.12 bits per heavy atom. The maximum Gasteiger partial charge on any atom is 0.266 e. The molecule has 0 atom stereocenters. The topological polar surface area (TPSA) is 75.5 Å². The number of carbonyl (C=O) groups excluding carboxylic acids is 1. The summed E-state index contributed by atoms with van der Waals surface area (Å²) in [4.78, 5) is 15.2. The van der Waals surface area contributed by atoms with Gasteiger partial charge in [-0.3, -0.25) is 9.69 Å². The summed E-state index contributed by atoms with van der Waals surface area (Å²) in [5, 5.41) is 4.76. The first kappa shape index (κ1) is 24.3. The second kappa shape index (κ2) is 9.83. The minimum atomic E-state index is -3.62. The molecule has 4 rings (SSSR count). The Morgan fingerprint density at radius 3 is 2.53 bits per heavy atom. The van der Waals surface area contributed by atoms with Crippen LogP contribution in [0.15, 0.2) is 70.6 Å². The maximum absolute atomic E-state index is 12.9. The number of aromatic nitrogens is 2. The number of amides is 1. The van der Waals surface area contributed by atoms with Crippen molar-refractivity contribution >= 4 is 50.3 Å². The zero-order chi connectivity index (χ0) is 24.5. The number of rotatable bonds is 7. The Balaban J connectivity index is 1.85. The van der Waals surface area contributed by atoms with E-state index in [2.05, 4.69) is 0 Å². The smallest absolute Gasteiger partial charge is 0.266 e. The van der Waals surface area contributed by atoms with Gasteiger partial charge in [0.05, 0.1) is 15.5 Å². The molecule has 0 spiro atoms. The van der Waals surface area contributed by atoms with Gasteiger partial charge < -0.3 is 0 Å². The summed E-state index contributed by atoms with van der Waals surface area (Å²) in [6.07, 6.45) is 4.43. The van der Waals surface area contributed by atoms with Crippen LogP contribution in [0.5, 0.6) is 0 Å². The van der Waals surface area contributed by atoms with E-state index < -0.39 is 10.0 Å². The molecule has 7 nitrogen and oxygen atoms in total. The van der Waals surface area contributed by atoms with E-state index in [0.29, 0.717) is 32.6 Å². The lowest BCUT2D eigenvalue weighted by Gasteiger charge is -2.12. The number of nitrogens with zero attached hydrogens (tertiary/aromatic N) is 4. The largest absolute Gasteiger partial charge is 0.293 e. The molecular weight excluding hydrogens is 488 g/mol. The first-order chi connectivity index (χ1) is 16.2. The highest BCUT2D eigenvalue weighted by molar-refractivity contribution is 8.26. The van der Waals surface area contributed by atoms with Crippen LogP contribution in [0.3, 0.4) is 0 Å². The molecule has 1 aliphatic heterocycles. The highest BCUT2D eigenvalue weighted by Crippen LogP contribution is 2.35. The van der Waals surface area contributed by atoms with E-state index in [1.54, 1.807) is 33.9 Å². The molecule has 1 saturated heterocycles. The summed E-state index contributed by atoms with van der Waals surface area (Å²) in [7, 11) is -0.625. The molecule has 0 N–H and O–H groups in total. The minimum Gasteiger partial charge on any atom is -0.293 e. The van der Waals surface area contributed by atoms with Gasteiger partial charge in [0.1, 0.15) is 10.0 Å². The number of sulfonamides is 1. The fourth-order valence-electron chi connectivity index (χ4n) is 3.50. The average Bonchev–Trinajstić information content (AvgIpc) is 3.36. The Kier molecular flexibility index (Phi) is 7.04. The third-order valence-corrected chi connectivity index (χ3v) is 8.45. The molecule has 34 heavy (non-hydrogen) atoms. The Labute approximate surface area is 209 Å². The van der Waals surface area contributed by atoms with Gasteiger partial charge in [0.2, 0.25) is 10.0 Å². The summed E-state index contributed by atoms with van der Waals surface area (Å²) in [5.41, 5.74) is 2.74. The lowest BCUT2D eigenvalue weighted by Crippen LogP contribution is -2.28. The van der Waals surface area contributed by atoms with E-state index in [0.717, 1.165) is 12.1 Å². The first-order valence-corrected chi connectivity index (χ1v) is 13.3. The van der Waals surface area contributed by atoms with Crippen molar-refractivity contribution in [2.45, 2.75) is 18.2 Å². The zero-order valence-corrected chi connectivity index (χ0v) is 21.5. The van der Waals surface area contributed by atoms with E-state index in [1.807, 2.05) is 49.5 Å². The highest BCUT2D eigenvalue weighted by atomic mass is 32.2. The molecule has 0 saturated carbocycles. The molecule has 10 heteroatoms. The second-order valence-electron chi connectivity index (χ2n) is 7.86. The molecule has 0 radical (unpaired) electrons.